The van der Waals surface area contributed by atoms with Crippen molar-refractivity contribution in [3.63, 3.8) is 0 Å². The third kappa shape index (κ3) is 3.04. The average Bonchev–Trinajstić information content (AvgIpc) is 2.80. The summed E-state index contributed by atoms with van der Waals surface area (Å²) in [4.78, 5) is 24.7. The molecule has 0 unspecified atom stereocenters. The number of hydrogen-bond donors (Lipinski definition) is 1. The van der Waals surface area contributed by atoms with Gasteiger partial charge < -0.3 is 9.52 Å². The van der Waals surface area contributed by atoms with Crippen LogP contribution >= 0.6 is 23.4 Å². The van der Waals surface area contributed by atoms with E-state index < -0.39 is 10.9 Å². The normalized spacial score (nSPS) is 10.4. The Bertz CT molecular complexity index is 657. The van der Waals surface area contributed by atoms with E-state index in [9.17, 15) is 14.9 Å². The van der Waals surface area contributed by atoms with Crippen LogP contribution in [-0.2, 0) is 0 Å². The summed E-state index contributed by atoms with van der Waals surface area (Å²) in [6.07, 6.45) is 1.26. The van der Waals surface area contributed by atoms with Crippen LogP contribution in [0.3, 0.4) is 0 Å². The first-order valence-corrected chi connectivity index (χ1v) is 5.97. The van der Waals surface area contributed by atoms with E-state index in [4.69, 9.17) is 21.1 Å². The first-order valence-electron chi connectivity index (χ1n) is 4.78. The Balaban J connectivity index is 2.32. The number of nitrogens with zero attached hydrogens (tertiary/aromatic N) is 2. The zero-order chi connectivity index (χ0) is 14.0. The Kier molecular flexibility index (Phi) is 3.72. The third-order valence-electron chi connectivity index (χ3n) is 1.98. The molecule has 2 aromatic heterocycles. The summed E-state index contributed by atoms with van der Waals surface area (Å²) in [7, 11) is 0. The van der Waals surface area contributed by atoms with Crippen molar-refractivity contribution in [2.45, 2.75) is 10.1 Å². The molecule has 0 aliphatic rings. The highest BCUT2D eigenvalue weighted by atomic mass is 35.5. The first-order chi connectivity index (χ1) is 8.97. The van der Waals surface area contributed by atoms with Crippen molar-refractivity contribution >= 4 is 35.0 Å². The van der Waals surface area contributed by atoms with E-state index in [0.717, 1.165) is 17.8 Å². The van der Waals surface area contributed by atoms with Crippen LogP contribution in [0.15, 0.2) is 38.9 Å². The van der Waals surface area contributed by atoms with E-state index in [0.29, 0.717) is 0 Å². The third-order valence-corrected chi connectivity index (χ3v) is 3.12. The Morgan fingerprint density at radius 1 is 1.53 bits per heavy atom. The summed E-state index contributed by atoms with van der Waals surface area (Å²) in [6, 6.07) is 3.82. The summed E-state index contributed by atoms with van der Waals surface area (Å²) in [5.41, 5.74) is -0.272. The first kappa shape index (κ1) is 13.4. The standard InChI is InChI=1S/C10H5ClN2O5S/c11-5-3-6(13(16)17)9(12-4-5)19-8-2-1-7(18-8)10(14)15/h1-4H,(H,14,15). The van der Waals surface area contributed by atoms with E-state index in [2.05, 4.69) is 4.98 Å². The van der Waals surface area contributed by atoms with E-state index in [-0.39, 0.29) is 26.6 Å². The van der Waals surface area contributed by atoms with Gasteiger partial charge in [-0.1, -0.05) is 11.6 Å². The van der Waals surface area contributed by atoms with Gasteiger partial charge in [0.15, 0.2) is 10.1 Å². The Labute approximate surface area is 115 Å². The average molecular weight is 301 g/mol. The van der Waals surface area contributed by atoms with Crippen LogP contribution in [0.25, 0.3) is 0 Å². The van der Waals surface area contributed by atoms with Crippen LogP contribution in [0.2, 0.25) is 5.02 Å². The number of pyridine rings is 1. The van der Waals surface area contributed by atoms with Gasteiger partial charge in [0.05, 0.1) is 9.95 Å². The van der Waals surface area contributed by atoms with Gasteiger partial charge in [-0.3, -0.25) is 10.1 Å². The zero-order valence-electron chi connectivity index (χ0n) is 9.07. The fraction of sp³-hybridized carbons (Fsp3) is 0. The van der Waals surface area contributed by atoms with Crippen molar-refractivity contribution in [2.24, 2.45) is 0 Å². The van der Waals surface area contributed by atoms with Crippen molar-refractivity contribution in [3.8, 4) is 0 Å². The molecule has 7 nitrogen and oxygen atoms in total. The monoisotopic (exact) mass is 300 g/mol. The second kappa shape index (κ2) is 5.29. The summed E-state index contributed by atoms with van der Waals surface area (Å²) in [5.74, 6) is -1.47. The highest BCUT2D eigenvalue weighted by Gasteiger charge is 2.19. The molecule has 19 heavy (non-hydrogen) atoms. The molecule has 0 atom stereocenters. The van der Waals surface area contributed by atoms with Gasteiger partial charge in [-0.05, 0) is 23.9 Å². The Hall–Kier alpha value is -2.06. The molecule has 98 valence electrons. The smallest absolute Gasteiger partial charge is 0.371 e. The lowest BCUT2D eigenvalue weighted by Crippen LogP contribution is -1.93. The number of carboxylic acids is 1. The van der Waals surface area contributed by atoms with E-state index >= 15 is 0 Å². The minimum absolute atomic E-state index is 0.0701. The lowest BCUT2D eigenvalue weighted by molar-refractivity contribution is -0.388. The maximum Gasteiger partial charge on any atom is 0.371 e. The van der Waals surface area contributed by atoms with Crippen LogP contribution in [-0.4, -0.2) is 21.0 Å². The van der Waals surface area contributed by atoms with Crippen molar-refractivity contribution in [1.29, 1.82) is 0 Å². The van der Waals surface area contributed by atoms with Crippen molar-refractivity contribution in [3.05, 3.63) is 45.3 Å². The topological polar surface area (TPSA) is 106 Å². The van der Waals surface area contributed by atoms with Gasteiger partial charge in [0.25, 0.3) is 0 Å². The minimum atomic E-state index is -1.22. The van der Waals surface area contributed by atoms with Crippen molar-refractivity contribution in [1.82, 2.24) is 4.98 Å². The maximum atomic E-state index is 10.8. The quantitative estimate of drug-likeness (QED) is 0.683. The lowest BCUT2D eigenvalue weighted by Gasteiger charge is -1.99. The SMILES string of the molecule is O=C(O)c1ccc(Sc2ncc(Cl)cc2[N+](=O)[O-])o1. The minimum Gasteiger partial charge on any atom is -0.475 e. The van der Waals surface area contributed by atoms with Crippen LogP contribution in [0, 0.1) is 10.1 Å². The van der Waals surface area contributed by atoms with Crippen LogP contribution in [0.5, 0.6) is 0 Å². The summed E-state index contributed by atoms with van der Waals surface area (Å²) < 4.78 is 4.98. The zero-order valence-corrected chi connectivity index (χ0v) is 10.6. The fourth-order valence-electron chi connectivity index (χ4n) is 1.21. The largest absolute Gasteiger partial charge is 0.475 e. The second-order valence-corrected chi connectivity index (χ2v) is 4.69. The Morgan fingerprint density at radius 2 is 2.26 bits per heavy atom. The molecule has 2 rings (SSSR count). The summed E-state index contributed by atoms with van der Waals surface area (Å²) in [5, 5.41) is 19.9. The maximum absolute atomic E-state index is 10.8. The molecular formula is C10H5ClN2O5S. The molecule has 0 aliphatic carbocycles. The molecule has 0 fully saturated rings. The van der Waals surface area contributed by atoms with E-state index in [1.807, 2.05) is 0 Å². The highest BCUT2D eigenvalue weighted by Crippen LogP contribution is 2.35. The number of carbonyl (C=O) groups is 1. The van der Waals surface area contributed by atoms with E-state index in [1.54, 1.807) is 0 Å². The number of nitro groups is 1. The molecule has 0 spiro atoms. The molecule has 0 aliphatic heterocycles. The molecule has 1 N–H and O–H groups in total. The molecule has 0 saturated carbocycles. The fourth-order valence-corrected chi connectivity index (χ4v) is 2.16. The number of halogens is 1. The highest BCUT2D eigenvalue weighted by molar-refractivity contribution is 7.99. The number of rotatable bonds is 4. The van der Waals surface area contributed by atoms with Crippen molar-refractivity contribution < 1.29 is 19.2 Å². The molecule has 0 aromatic carbocycles. The van der Waals surface area contributed by atoms with Gasteiger partial charge in [0, 0.05) is 12.3 Å². The number of aromatic carboxylic acids is 1. The van der Waals surface area contributed by atoms with Gasteiger partial charge in [-0.25, -0.2) is 9.78 Å². The van der Waals surface area contributed by atoms with Crippen LogP contribution in [0.4, 0.5) is 5.69 Å². The summed E-state index contributed by atoms with van der Waals surface area (Å²) >= 11 is 6.48. The molecule has 0 radical (unpaired) electrons. The number of furan rings is 1. The van der Waals surface area contributed by atoms with Gasteiger partial charge in [0.1, 0.15) is 0 Å². The van der Waals surface area contributed by atoms with Gasteiger partial charge in [-0.2, -0.15) is 0 Å². The molecular weight excluding hydrogens is 296 g/mol. The molecule has 9 heteroatoms. The predicted molar refractivity (Wildman–Crippen MR) is 65.7 cm³/mol. The molecule has 0 saturated heterocycles. The predicted octanol–water partition coefficient (Wildman–Crippen LogP) is 3.09. The number of carboxylic acid groups (broad SMARTS) is 1. The molecule has 2 heterocycles. The van der Waals surface area contributed by atoms with Gasteiger partial charge >= 0.3 is 11.7 Å². The van der Waals surface area contributed by atoms with Crippen molar-refractivity contribution in [2.75, 3.05) is 0 Å². The molecule has 0 bridgehead atoms. The second-order valence-electron chi connectivity index (χ2n) is 3.26. The Morgan fingerprint density at radius 3 is 2.84 bits per heavy atom. The van der Waals surface area contributed by atoms with Crippen LogP contribution in [0.1, 0.15) is 10.6 Å². The number of hydrogen-bond acceptors (Lipinski definition) is 6. The van der Waals surface area contributed by atoms with Crippen LogP contribution < -0.4 is 0 Å². The van der Waals surface area contributed by atoms with E-state index in [1.165, 1.54) is 18.3 Å². The lowest BCUT2D eigenvalue weighted by atomic mass is 10.4. The molecule has 0 amide bonds. The molecule has 2 aromatic rings. The van der Waals surface area contributed by atoms with Gasteiger partial charge in [-0.15, -0.1) is 0 Å². The van der Waals surface area contributed by atoms with Gasteiger partial charge in [0.2, 0.25) is 5.76 Å². The number of aromatic nitrogens is 1. The summed E-state index contributed by atoms with van der Waals surface area (Å²) in [6.45, 7) is 0.